The number of carbonyl (C=O) groups is 2. The molecule has 2 aromatic heterocycles. The lowest BCUT2D eigenvalue weighted by Gasteiger charge is -2.26. The summed E-state index contributed by atoms with van der Waals surface area (Å²) in [7, 11) is 0. The van der Waals surface area contributed by atoms with Crippen LogP contribution >= 0.6 is 11.8 Å². The second-order valence-corrected chi connectivity index (χ2v) is 9.00. The molecule has 2 aliphatic rings. The van der Waals surface area contributed by atoms with Crippen LogP contribution in [0.5, 0.6) is 0 Å². The van der Waals surface area contributed by atoms with Crippen molar-refractivity contribution in [3.8, 4) is 0 Å². The van der Waals surface area contributed by atoms with E-state index in [1.165, 1.54) is 11.8 Å². The summed E-state index contributed by atoms with van der Waals surface area (Å²) in [6.07, 6.45) is 1.93. The van der Waals surface area contributed by atoms with E-state index < -0.39 is 0 Å². The summed E-state index contributed by atoms with van der Waals surface area (Å²) in [4.78, 5) is 40.2. The smallest absolute Gasteiger partial charge is 0.239 e. The zero-order valence-corrected chi connectivity index (χ0v) is 18.8. The SMILES string of the molecule is Cc1cc(Nc2nc(Sc3ccc(NC(=O)C4CC4)cc3)nc(N3CCNC(=O)C3)n2)n[nH]1. The standard InChI is InChI=1S/C21H23N9O2S/c1-12-10-16(29-28-12)24-19-25-20(30-9-8-22-17(31)11-30)27-21(26-19)33-15-6-4-14(5-7-15)23-18(32)13-2-3-13/h4-7,10,13H,2-3,8-9,11H2,1H3,(H,22,31)(H,23,32)(H2,24,25,26,27,28,29). The Morgan fingerprint density at radius 1 is 1.18 bits per heavy atom. The predicted octanol–water partition coefficient (Wildman–Crippen LogP) is 2.08. The summed E-state index contributed by atoms with van der Waals surface area (Å²) in [5.41, 5.74) is 1.67. The normalized spacial score (nSPS) is 15.8. The van der Waals surface area contributed by atoms with Gasteiger partial charge >= 0.3 is 0 Å². The van der Waals surface area contributed by atoms with Crippen molar-refractivity contribution in [3.63, 3.8) is 0 Å². The topological polar surface area (TPSA) is 141 Å². The van der Waals surface area contributed by atoms with Crippen LogP contribution in [-0.4, -0.2) is 56.6 Å². The molecule has 1 saturated heterocycles. The molecule has 170 valence electrons. The van der Waals surface area contributed by atoms with Gasteiger partial charge in [0.1, 0.15) is 0 Å². The number of hydrogen-bond donors (Lipinski definition) is 4. The Bertz CT molecular complexity index is 1180. The fourth-order valence-corrected chi connectivity index (χ4v) is 4.04. The molecule has 2 fully saturated rings. The van der Waals surface area contributed by atoms with Gasteiger partial charge < -0.3 is 20.9 Å². The van der Waals surface area contributed by atoms with Crippen LogP contribution in [0.2, 0.25) is 0 Å². The molecule has 3 heterocycles. The zero-order valence-electron chi connectivity index (χ0n) is 18.0. The molecule has 11 nitrogen and oxygen atoms in total. The first-order chi connectivity index (χ1) is 16.0. The van der Waals surface area contributed by atoms with Gasteiger partial charge in [-0.05, 0) is 55.8 Å². The number of amides is 2. The quantitative estimate of drug-likeness (QED) is 0.413. The van der Waals surface area contributed by atoms with Crippen molar-refractivity contribution < 1.29 is 9.59 Å². The van der Waals surface area contributed by atoms with E-state index in [2.05, 4.69) is 41.1 Å². The van der Waals surface area contributed by atoms with Crippen LogP contribution in [0.3, 0.4) is 0 Å². The fraction of sp³-hybridized carbons (Fsp3) is 0.333. The van der Waals surface area contributed by atoms with E-state index in [1.54, 1.807) is 0 Å². The molecule has 0 unspecified atom stereocenters. The van der Waals surface area contributed by atoms with Crippen LogP contribution in [0.25, 0.3) is 0 Å². The minimum absolute atomic E-state index is 0.0721. The molecule has 1 aliphatic heterocycles. The first-order valence-electron chi connectivity index (χ1n) is 10.7. The van der Waals surface area contributed by atoms with Crippen molar-refractivity contribution in [2.75, 3.05) is 35.2 Å². The van der Waals surface area contributed by atoms with E-state index in [0.717, 1.165) is 29.1 Å². The first-order valence-corrected chi connectivity index (χ1v) is 11.5. The summed E-state index contributed by atoms with van der Waals surface area (Å²) in [5, 5.41) is 16.4. The van der Waals surface area contributed by atoms with Gasteiger partial charge in [-0.25, -0.2) is 0 Å². The summed E-state index contributed by atoms with van der Waals surface area (Å²) in [6.45, 7) is 3.23. The number of rotatable bonds is 7. The van der Waals surface area contributed by atoms with Gasteiger partial charge in [-0.2, -0.15) is 20.1 Å². The molecule has 0 spiro atoms. The van der Waals surface area contributed by atoms with Crippen LogP contribution in [0, 0.1) is 12.8 Å². The third-order valence-corrected chi connectivity index (χ3v) is 6.02. The molecule has 4 N–H and O–H groups in total. The molecule has 0 bridgehead atoms. The fourth-order valence-electron chi connectivity index (χ4n) is 3.30. The molecule has 33 heavy (non-hydrogen) atoms. The van der Waals surface area contributed by atoms with Crippen LogP contribution < -0.4 is 20.9 Å². The van der Waals surface area contributed by atoms with Gasteiger partial charge in [0.2, 0.25) is 23.7 Å². The van der Waals surface area contributed by atoms with Gasteiger partial charge in [0, 0.05) is 41.4 Å². The second-order valence-electron chi connectivity index (χ2n) is 7.96. The van der Waals surface area contributed by atoms with Crippen molar-refractivity contribution in [1.82, 2.24) is 30.5 Å². The van der Waals surface area contributed by atoms with Gasteiger partial charge in [0.05, 0.1) is 6.54 Å². The lowest BCUT2D eigenvalue weighted by molar-refractivity contribution is -0.120. The third-order valence-electron chi connectivity index (χ3n) is 5.15. The Kier molecular flexibility index (Phi) is 5.82. The van der Waals surface area contributed by atoms with Crippen molar-refractivity contribution in [3.05, 3.63) is 36.0 Å². The van der Waals surface area contributed by atoms with Gasteiger partial charge in [0.15, 0.2) is 11.0 Å². The lowest BCUT2D eigenvalue weighted by Crippen LogP contribution is -2.48. The van der Waals surface area contributed by atoms with Crippen molar-refractivity contribution >= 4 is 47.0 Å². The number of hydrogen-bond acceptors (Lipinski definition) is 9. The van der Waals surface area contributed by atoms with Crippen LogP contribution in [0.15, 0.2) is 40.4 Å². The van der Waals surface area contributed by atoms with E-state index in [4.69, 9.17) is 0 Å². The number of aromatic nitrogens is 5. The molecule has 1 aliphatic carbocycles. The number of piperazine rings is 1. The number of H-pyrrole nitrogens is 1. The molecule has 0 radical (unpaired) electrons. The Morgan fingerprint density at radius 3 is 2.70 bits per heavy atom. The van der Waals surface area contributed by atoms with E-state index in [-0.39, 0.29) is 24.3 Å². The summed E-state index contributed by atoms with van der Waals surface area (Å²) in [5.74, 6) is 1.51. The molecular formula is C21H23N9O2S. The molecule has 1 saturated carbocycles. The maximum Gasteiger partial charge on any atom is 0.239 e. The first kappa shape index (κ1) is 21.2. The van der Waals surface area contributed by atoms with E-state index >= 15 is 0 Å². The number of anilines is 4. The summed E-state index contributed by atoms with van der Waals surface area (Å²) in [6, 6.07) is 9.40. The van der Waals surface area contributed by atoms with Gasteiger partial charge in [-0.3, -0.25) is 14.7 Å². The average molecular weight is 466 g/mol. The highest BCUT2D eigenvalue weighted by Gasteiger charge is 2.29. The Hall–Kier alpha value is -3.67. The van der Waals surface area contributed by atoms with E-state index in [9.17, 15) is 9.59 Å². The Labute approximate surface area is 194 Å². The lowest BCUT2D eigenvalue weighted by atomic mass is 10.3. The van der Waals surface area contributed by atoms with E-state index in [1.807, 2.05) is 42.2 Å². The van der Waals surface area contributed by atoms with Gasteiger partial charge in [-0.1, -0.05) is 0 Å². The van der Waals surface area contributed by atoms with Crippen molar-refractivity contribution in [2.45, 2.75) is 29.8 Å². The van der Waals surface area contributed by atoms with Gasteiger partial charge in [-0.15, -0.1) is 0 Å². The zero-order chi connectivity index (χ0) is 22.8. The minimum atomic E-state index is -0.0721. The second kappa shape index (κ2) is 9.06. The average Bonchev–Trinajstić information content (AvgIpc) is 3.58. The monoisotopic (exact) mass is 465 g/mol. The molecule has 5 rings (SSSR count). The van der Waals surface area contributed by atoms with Crippen molar-refractivity contribution in [1.29, 1.82) is 0 Å². The highest BCUT2D eigenvalue weighted by Crippen LogP contribution is 2.31. The Balaban J connectivity index is 1.36. The van der Waals surface area contributed by atoms with Crippen LogP contribution in [-0.2, 0) is 9.59 Å². The largest absolute Gasteiger partial charge is 0.353 e. The summed E-state index contributed by atoms with van der Waals surface area (Å²) >= 11 is 1.37. The highest BCUT2D eigenvalue weighted by molar-refractivity contribution is 7.99. The van der Waals surface area contributed by atoms with E-state index in [0.29, 0.717) is 36.0 Å². The summed E-state index contributed by atoms with van der Waals surface area (Å²) < 4.78 is 0. The minimum Gasteiger partial charge on any atom is -0.353 e. The molecule has 3 aromatic rings. The molecule has 12 heteroatoms. The number of benzene rings is 1. The van der Waals surface area contributed by atoms with Crippen molar-refractivity contribution in [2.24, 2.45) is 5.92 Å². The predicted molar refractivity (Wildman–Crippen MR) is 124 cm³/mol. The maximum atomic E-state index is 12.0. The molecule has 1 aromatic carbocycles. The number of nitrogens with one attached hydrogen (secondary N) is 4. The number of carbonyl (C=O) groups excluding carboxylic acids is 2. The van der Waals surface area contributed by atoms with Crippen LogP contribution in [0.1, 0.15) is 18.5 Å². The number of aryl methyl sites for hydroxylation is 1. The third kappa shape index (κ3) is 5.40. The molecular weight excluding hydrogens is 442 g/mol. The van der Waals surface area contributed by atoms with Crippen LogP contribution in [0.4, 0.5) is 23.4 Å². The molecule has 0 atom stereocenters. The number of aromatic amines is 1. The Morgan fingerprint density at radius 2 is 2.00 bits per heavy atom. The highest BCUT2D eigenvalue weighted by atomic mass is 32.2. The maximum absolute atomic E-state index is 12.0. The number of nitrogens with zero attached hydrogens (tertiary/aromatic N) is 5. The molecule has 2 amide bonds. The van der Waals surface area contributed by atoms with Gasteiger partial charge in [0.25, 0.3) is 0 Å².